The standard InChI is InChI=1S/C13H15ClF3N/c1-8-7-18-5-4-10(8)11-3-2-9(14)6-12(11)13(15,16)17/h2-3,6,8,10,18H,4-5,7H2,1H3. The highest BCUT2D eigenvalue weighted by atomic mass is 35.5. The van der Waals surface area contributed by atoms with Crippen molar-refractivity contribution in [2.24, 2.45) is 5.92 Å². The summed E-state index contributed by atoms with van der Waals surface area (Å²) < 4.78 is 39.1. The molecule has 1 aromatic rings. The quantitative estimate of drug-likeness (QED) is 0.816. The zero-order valence-corrected chi connectivity index (χ0v) is 10.8. The summed E-state index contributed by atoms with van der Waals surface area (Å²) in [5.41, 5.74) is -0.213. The van der Waals surface area contributed by atoms with Crippen molar-refractivity contribution in [2.75, 3.05) is 13.1 Å². The maximum absolute atomic E-state index is 13.0. The van der Waals surface area contributed by atoms with Crippen molar-refractivity contribution in [1.29, 1.82) is 0 Å². The molecule has 1 nitrogen and oxygen atoms in total. The maximum Gasteiger partial charge on any atom is 0.416 e. The molecule has 0 aromatic heterocycles. The third kappa shape index (κ3) is 2.81. The molecule has 2 unspecified atom stereocenters. The molecule has 0 saturated carbocycles. The average molecular weight is 278 g/mol. The van der Waals surface area contributed by atoms with Crippen molar-refractivity contribution in [3.63, 3.8) is 0 Å². The fourth-order valence-electron chi connectivity index (χ4n) is 2.57. The Labute approximate surface area is 109 Å². The zero-order valence-electron chi connectivity index (χ0n) is 10.0. The fourth-order valence-corrected chi connectivity index (χ4v) is 2.75. The minimum absolute atomic E-state index is 0.0554. The number of nitrogens with one attached hydrogen (secondary N) is 1. The van der Waals surface area contributed by atoms with E-state index in [-0.39, 0.29) is 16.9 Å². The van der Waals surface area contributed by atoms with Crippen LogP contribution in [0.3, 0.4) is 0 Å². The molecule has 0 amide bonds. The number of piperidine rings is 1. The Hall–Kier alpha value is -0.740. The first kappa shape index (κ1) is 13.7. The monoisotopic (exact) mass is 277 g/mol. The van der Waals surface area contributed by atoms with Crippen LogP contribution < -0.4 is 5.32 Å². The topological polar surface area (TPSA) is 12.0 Å². The first-order chi connectivity index (χ1) is 8.39. The summed E-state index contributed by atoms with van der Waals surface area (Å²) in [6, 6.07) is 4.10. The third-order valence-corrected chi connectivity index (χ3v) is 3.74. The van der Waals surface area contributed by atoms with E-state index in [9.17, 15) is 13.2 Å². The lowest BCUT2D eigenvalue weighted by Crippen LogP contribution is -2.34. The predicted molar refractivity (Wildman–Crippen MR) is 65.8 cm³/mol. The maximum atomic E-state index is 13.0. The van der Waals surface area contributed by atoms with Gasteiger partial charge in [0.15, 0.2) is 0 Å². The molecule has 5 heteroatoms. The van der Waals surface area contributed by atoms with Crippen LogP contribution in [0.25, 0.3) is 0 Å². The van der Waals surface area contributed by atoms with Gasteiger partial charge in [-0.1, -0.05) is 24.6 Å². The molecule has 1 aromatic carbocycles. The van der Waals surface area contributed by atoms with Gasteiger partial charge in [-0.2, -0.15) is 13.2 Å². The summed E-state index contributed by atoms with van der Waals surface area (Å²) in [6.45, 7) is 3.49. The summed E-state index contributed by atoms with van der Waals surface area (Å²) >= 11 is 5.69. The van der Waals surface area contributed by atoms with Gasteiger partial charge in [-0.15, -0.1) is 0 Å². The van der Waals surface area contributed by atoms with Gasteiger partial charge in [-0.25, -0.2) is 0 Å². The van der Waals surface area contributed by atoms with Crippen LogP contribution in [0.5, 0.6) is 0 Å². The normalized spacial score (nSPS) is 25.2. The summed E-state index contributed by atoms with van der Waals surface area (Å²) in [7, 11) is 0. The van der Waals surface area contributed by atoms with Crippen LogP contribution in [0.2, 0.25) is 5.02 Å². The van der Waals surface area contributed by atoms with Crippen LogP contribution in [0.4, 0.5) is 13.2 Å². The minimum Gasteiger partial charge on any atom is -0.316 e. The second kappa shape index (κ2) is 5.10. The number of halogens is 4. The highest BCUT2D eigenvalue weighted by molar-refractivity contribution is 6.30. The van der Waals surface area contributed by atoms with E-state index in [0.717, 1.165) is 25.6 Å². The molecule has 0 bridgehead atoms. The SMILES string of the molecule is CC1CNCCC1c1ccc(Cl)cc1C(F)(F)F. The molecule has 1 aliphatic heterocycles. The number of rotatable bonds is 1. The zero-order chi connectivity index (χ0) is 13.3. The molecule has 1 N–H and O–H groups in total. The molecule has 1 heterocycles. The van der Waals surface area contributed by atoms with Crippen LogP contribution >= 0.6 is 11.6 Å². The lowest BCUT2D eigenvalue weighted by atomic mass is 9.80. The number of hydrogen-bond donors (Lipinski definition) is 1. The Bertz CT molecular complexity index is 431. The van der Waals surface area contributed by atoms with Gasteiger partial charge in [0.1, 0.15) is 0 Å². The lowest BCUT2D eigenvalue weighted by molar-refractivity contribution is -0.138. The van der Waals surface area contributed by atoms with Crippen LogP contribution in [-0.2, 0) is 6.18 Å². The Morgan fingerprint density at radius 2 is 2.06 bits per heavy atom. The van der Waals surface area contributed by atoms with Crippen molar-refractivity contribution in [3.05, 3.63) is 34.3 Å². The number of alkyl halides is 3. The molecule has 0 aliphatic carbocycles. The molecule has 1 saturated heterocycles. The lowest BCUT2D eigenvalue weighted by Gasteiger charge is -2.31. The van der Waals surface area contributed by atoms with Crippen molar-refractivity contribution in [1.82, 2.24) is 5.32 Å². The molecule has 2 rings (SSSR count). The van der Waals surface area contributed by atoms with Gasteiger partial charge in [0.2, 0.25) is 0 Å². The van der Waals surface area contributed by atoms with E-state index >= 15 is 0 Å². The predicted octanol–water partition coefficient (Wildman–Crippen LogP) is 4.07. The van der Waals surface area contributed by atoms with Gasteiger partial charge in [0.25, 0.3) is 0 Å². The minimum atomic E-state index is -4.34. The van der Waals surface area contributed by atoms with Crippen LogP contribution in [0.15, 0.2) is 18.2 Å². The Kier molecular flexibility index (Phi) is 3.87. The van der Waals surface area contributed by atoms with Gasteiger partial charge >= 0.3 is 6.18 Å². The van der Waals surface area contributed by atoms with Crippen LogP contribution in [0, 0.1) is 5.92 Å². The Balaban J connectivity index is 2.43. The highest BCUT2D eigenvalue weighted by Crippen LogP contribution is 2.40. The Morgan fingerprint density at radius 3 is 2.67 bits per heavy atom. The molecule has 0 radical (unpaired) electrons. The summed E-state index contributed by atoms with van der Waals surface area (Å²) in [6.07, 6.45) is -3.61. The largest absolute Gasteiger partial charge is 0.416 e. The second-order valence-electron chi connectivity index (χ2n) is 4.81. The molecule has 100 valence electrons. The van der Waals surface area contributed by atoms with Crippen LogP contribution in [-0.4, -0.2) is 13.1 Å². The van der Waals surface area contributed by atoms with Gasteiger partial charge in [0.05, 0.1) is 5.56 Å². The van der Waals surface area contributed by atoms with Gasteiger partial charge in [-0.05, 0) is 49.0 Å². The van der Waals surface area contributed by atoms with Crippen molar-refractivity contribution >= 4 is 11.6 Å². The molecule has 2 atom stereocenters. The second-order valence-corrected chi connectivity index (χ2v) is 5.24. The molecular weight excluding hydrogens is 263 g/mol. The van der Waals surface area contributed by atoms with E-state index in [1.807, 2.05) is 6.92 Å². The highest BCUT2D eigenvalue weighted by Gasteiger charge is 2.37. The Morgan fingerprint density at radius 1 is 1.33 bits per heavy atom. The number of hydrogen-bond acceptors (Lipinski definition) is 1. The summed E-state index contributed by atoms with van der Waals surface area (Å²) in [5.74, 6) is 0.140. The van der Waals surface area contributed by atoms with Crippen molar-refractivity contribution in [2.45, 2.75) is 25.4 Å². The first-order valence-electron chi connectivity index (χ1n) is 5.97. The van der Waals surface area contributed by atoms with E-state index in [2.05, 4.69) is 5.32 Å². The number of benzene rings is 1. The summed E-state index contributed by atoms with van der Waals surface area (Å²) in [4.78, 5) is 0. The van der Waals surface area contributed by atoms with Crippen molar-refractivity contribution < 1.29 is 13.2 Å². The van der Waals surface area contributed by atoms with Crippen molar-refractivity contribution in [3.8, 4) is 0 Å². The van der Waals surface area contributed by atoms with Crippen LogP contribution in [0.1, 0.15) is 30.4 Å². The smallest absolute Gasteiger partial charge is 0.316 e. The average Bonchev–Trinajstić information content (AvgIpc) is 2.29. The van der Waals surface area contributed by atoms with Gasteiger partial charge < -0.3 is 5.32 Å². The molecule has 18 heavy (non-hydrogen) atoms. The molecule has 0 spiro atoms. The molecular formula is C13H15ClF3N. The van der Waals surface area contributed by atoms with E-state index in [4.69, 9.17) is 11.6 Å². The van der Waals surface area contributed by atoms with E-state index in [1.165, 1.54) is 6.07 Å². The first-order valence-corrected chi connectivity index (χ1v) is 6.34. The molecule has 1 aliphatic rings. The fraction of sp³-hybridized carbons (Fsp3) is 0.538. The van der Waals surface area contributed by atoms with E-state index in [1.54, 1.807) is 6.07 Å². The van der Waals surface area contributed by atoms with E-state index < -0.39 is 11.7 Å². The van der Waals surface area contributed by atoms with Gasteiger partial charge in [0, 0.05) is 5.02 Å². The third-order valence-electron chi connectivity index (χ3n) is 3.51. The summed E-state index contributed by atoms with van der Waals surface area (Å²) in [5, 5.41) is 3.33. The van der Waals surface area contributed by atoms with Gasteiger partial charge in [-0.3, -0.25) is 0 Å². The van der Waals surface area contributed by atoms with E-state index in [0.29, 0.717) is 5.56 Å². The molecule has 1 fully saturated rings.